The molecule has 0 aliphatic heterocycles. The van der Waals surface area contributed by atoms with Crippen molar-refractivity contribution in [1.82, 2.24) is 0 Å². The molecule has 3 N–H and O–H groups in total. The Balaban J connectivity index is 2.99. The Kier molecular flexibility index (Phi) is 4.96. The van der Waals surface area contributed by atoms with Gasteiger partial charge >= 0.3 is 11.9 Å². The summed E-state index contributed by atoms with van der Waals surface area (Å²) in [6, 6.07) is 6.67. The van der Waals surface area contributed by atoms with Crippen molar-refractivity contribution >= 4 is 11.9 Å². The monoisotopic (exact) mass is 295 g/mol. The number of benzene rings is 1. The zero-order valence-corrected chi connectivity index (χ0v) is 12.7. The Bertz CT molecular complexity index is 518. The van der Waals surface area contributed by atoms with Crippen molar-refractivity contribution in [2.75, 3.05) is 7.11 Å². The van der Waals surface area contributed by atoms with Crippen LogP contribution in [0.1, 0.15) is 26.3 Å². The number of esters is 1. The van der Waals surface area contributed by atoms with E-state index in [2.05, 4.69) is 0 Å². The largest absolute Gasteiger partial charge is 0.497 e. The van der Waals surface area contributed by atoms with E-state index in [1.807, 2.05) is 0 Å². The first-order chi connectivity index (χ1) is 9.58. The standard InChI is InChI=1S/C15H21NO5/c1-14(2,3)21-13(19)15(16,12(17)18)9-10-5-7-11(20-4)8-6-10/h5-8H,9,16H2,1-4H3,(H,17,18)/t15-/m0/s1. The van der Waals surface area contributed by atoms with Crippen molar-refractivity contribution in [2.24, 2.45) is 5.73 Å². The molecule has 0 spiro atoms. The van der Waals surface area contributed by atoms with Crippen molar-refractivity contribution in [3.8, 4) is 5.75 Å². The van der Waals surface area contributed by atoms with Crippen LogP contribution in [0.15, 0.2) is 24.3 Å². The minimum atomic E-state index is -2.12. The number of carboxylic acids is 1. The van der Waals surface area contributed by atoms with Crippen LogP contribution < -0.4 is 10.5 Å². The Hall–Kier alpha value is -2.08. The molecule has 0 bridgehead atoms. The first-order valence-electron chi connectivity index (χ1n) is 6.47. The molecule has 0 unspecified atom stereocenters. The molecule has 0 aliphatic carbocycles. The molecule has 0 amide bonds. The average Bonchev–Trinajstić information content (AvgIpc) is 2.37. The molecule has 6 heteroatoms. The highest BCUT2D eigenvalue weighted by atomic mass is 16.6. The Morgan fingerprint density at radius 3 is 2.10 bits per heavy atom. The molecular formula is C15H21NO5. The summed E-state index contributed by atoms with van der Waals surface area (Å²) < 4.78 is 10.1. The van der Waals surface area contributed by atoms with Crippen LogP contribution in [0.3, 0.4) is 0 Å². The van der Waals surface area contributed by atoms with Crippen molar-refractivity contribution < 1.29 is 24.2 Å². The second-order valence-electron chi connectivity index (χ2n) is 5.80. The molecule has 1 rings (SSSR count). The highest BCUT2D eigenvalue weighted by molar-refractivity contribution is 6.04. The van der Waals surface area contributed by atoms with Crippen LogP contribution in [-0.2, 0) is 20.7 Å². The lowest BCUT2D eigenvalue weighted by molar-refractivity contribution is -0.169. The third-order valence-electron chi connectivity index (χ3n) is 2.79. The number of aliphatic carboxylic acids is 1. The summed E-state index contributed by atoms with van der Waals surface area (Å²) in [6.07, 6.45) is -0.165. The van der Waals surface area contributed by atoms with Gasteiger partial charge in [-0.1, -0.05) is 12.1 Å². The molecule has 1 aromatic rings. The second-order valence-corrected chi connectivity index (χ2v) is 5.80. The van der Waals surface area contributed by atoms with Crippen LogP contribution in [0.4, 0.5) is 0 Å². The molecule has 0 heterocycles. The number of hydrogen-bond acceptors (Lipinski definition) is 5. The lowest BCUT2D eigenvalue weighted by Crippen LogP contribution is -2.58. The molecule has 0 aromatic heterocycles. The van der Waals surface area contributed by atoms with Crippen LogP contribution in [0.2, 0.25) is 0 Å². The fourth-order valence-corrected chi connectivity index (χ4v) is 1.67. The molecule has 0 saturated carbocycles. The van der Waals surface area contributed by atoms with Gasteiger partial charge in [-0.15, -0.1) is 0 Å². The summed E-state index contributed by atoms with van der Waals surface area (Å²) in [6.45, 7) is 4.96. The van der Waals surface area contributed by atoms with E-state index in [-0.39, 0.29) is 6.42 Å². The average molecular weight is 295 g/mol. The second kappa shape index (κ2) is 6.13. The first-order valence-corrected chi connectivity index (χ1v) is 6.47. The normalized spacial score (nSPS) is 14.1. The molecule has 1 atom stereocenters. The molecule has 0 aliphatic rings. The van der Waals surface area contributed by atoms with E-state index in [0.29, 0.717) is 11.3 Å². The van der Waals surface area contributed by atoms with E-state index in [0.717, 1.165) is 0 Å². The number of rotatable bonds is 5. The molecule has 116 valence electrons. The summed E-state index contributed by atoms with van der Waals surface area (Å²) in [4.78, 5) is 23.5. The predicted molar refractivity (Wildman–Crippen MR) is 77.1 cm³/mol. The fraction of sp³-hybridized carbons (Fsp3) is 0.467. The van der Waals surface area contributed by atoms with Crippen LogP contribution in [0.25, 0.3) is 0 Å². The molecule has 6 nitrogen and oxygen atoms in total. The van der Waals surface area contributed by atoms with Gasteiger partial charge in [0.1, 0.15) is 11.4 Å². The van der Waals surface area contributed by atoms with Gasteiger partial charge in [-0.05, 0) is 38.5 Å². The van der Waals surface area contributed by atoms with Crippen LogP contribution in [-0.4, -0.2) is 35.3 Å². The number of carbonyl (C=O) groups is 2. The lowest BCUT2D eigenvalue weighted by atomic mass is 9.91. The van der Waals surface area contributed by atoms with Crippen molar-refractivity contribution in [3.05, 3.63) is 29.8 Å². The number of methoxy groups -OCH3 is 1. The Morgan fingerprint density at radius 1 is 1.19 bits per heavy atom. The van der Waals surface area contributed by atoms with E-state index < -0.39 is 23.1 Å². The number of hydrogen-bond donors (Lipinski definition) is 2. The van der Waals surface area contributed by atoms with Crippen LogP contribution >= 0.6 is 0 Å². The van der Waals surface area contributed by atoms with Gasteiger partial charge in [0.2, 0.25) is 5.54 Å². The minimum absolute atomic E-state index is 0.165. The van der Waals surface area contributed by atoms with E-state index in [9.17, 15) is 14.7 Å². The number of nitrogens with two attached hydrogens (primary N) is 1. The van der Waals surface area contributed by atoms with Gasteiger partial charge < -0.3 is 20.3 Å². The Morgan fingerprint density at radius 2 is 1.71 bits per heavy atom. The fourth-order valence-electron chi connectivity index (χ4n) is 1.67. The number of ether oxygens (including phenoxy) is 2. The quantitative estimate of drug-likeness (QED) is 0.628. The van der Waals surface area contributed by atoms with Gasteiger partial charge in [0.25, 0.3) is 0 Å². The maximum Gasteiger partial charge on any atom is 0.338 e. The third-order valence-corrected chi connectivity index (χ3v) is 2.79. The molecule has 21 heavy (non-hydrogen) atoms. The van der Waals surface area contributed by atoms with E-state index in [4.69, 9.17) is 15.2 Å². The van der Waals surface area contributed by atoms with Gasteiger partial charge in [0.15, 0.2) is 0 Å². The highest BCUT2D eigenvalue weighted by Gasteiger charge is 2.45. The lowest BCUT2D eigenvalue weighted by Gasteiger charge is -2.28. The zero-order chi connectivity index (χ0) is 16.3. The molecule has 0 radical (unpaired) electrons. The van der Waals surface area contributed by atoms with E-state index in [1.165, 1.54) is 7.11 Å². The smallest absolute Gasteiger partial charge is 0.338 e. The summed E-state index contributed by atoms with van der Waals surface area (Å²) in [5.41, 5.74) is 3.46. The summed E-state index contributed by atoms with van der Waals surface area (Å²) in [5.74, 6) is -1.75. The van der Waals surface area contributed by atoms with Crippen molar-refractivity contribution in [3.63, 3.8) is 0 Å². The van der Waals surface area contributed by atoms with E-state index in [1.54, 1.807) is 45.0 Å². The SMILES string of the molecule is COc1ccc(C[C@](N)(C(=O)O)C(=O)OC(C)(C)C)cc1. The molecule has 0 saturated heterocycles. The maximum absolute atomic E-state index is 12.1. The molecule has 1 aromatic carbocycles. The Labute approximate surface area is 123 Å². The molecule has 0 fully saturated rings. The van der Waals surface area contributed by atoms with Gasteiger partial charge in [0, 0.05) is 6.42 Å². The van der Waals surface area contributed by atoms with Crippen LogP contribution in [0.5, 0.6) is 5.75 Å². The van der Waals surface area contributed by atoms with Crippen molar-refractivity contribution in [2.45, 2.75) is 38.3 Å². The van der Waals surface area contributed by atoms with Crippen LogP contribution in [0, 0.1) is 0 Å². The highest BCUT2D eigenvalue weighted by Crippen LogP contribution is 2.20. The predicted octanol–water partition coefficient (Wildman–Crippen LogP) is 1.36. The van der Waals surface area contributed by atoms with Gasteiger partial charge in [0.05, 0.1) is 7.11 Å². The summed E-state index contributed by atoms with van der Waals surface area (Å²) >= 11 is 0. The molecular weight excluding hydrogens is 274 g/mol. The van der Waals surface area contributed by atoms with Gasteiger partial charge in [-0.25, -0.2) is 9.59 Å². The minimum Gasteiger partial charge on any atom is -0.497 e. The first kappa shape index (κ1) is 17.0. The zero-order valence-electron chi connectivity index (χ0n) is 12.7. The van der Waals surface area contributed by atoms with E-state index >= 15 is 0 Å². The summed E-state index contributed by atoms with van der Waals surface area (Å²) in [7, 11) is 1.53. The van der Waals surface area contributed by atoms with Gasteiger partial charge in [-0.3, -0.25) is 0 Å². The maximum atomic E-state index is 12.1. The summed E-state index contributed by atoms with van der Waals surface area (Å²) in [5, 5.41) is 9.31. The number of carbonyl (C=O) groups excluding carboxylic acids is 1. The number of carboxylic acid groups (broad SMARTS) is 1. The van der Waals surface area contributed by atoms with Crippen molar-refractivity contribution in [1.29, 1.82) is 0 Å². The van der Waals surface area contributed by atoms with Gasteiger partial charge in [-0.2, -0.15) is 0 Å². The third kappa shape index (κ3) is 4.46. The topological polar surface area (TPSA) is 98.9 Å².